The summed E-state index contributed by atoms with van der Waals surface area (Å²) in [5, 5.41) is 106. The first-order valence-electron chi connectivity index (χ1n) is 18.3. The molecule has 1 fully saturated rings. The van der Waals surface area contributed by atoms with Gasteiger partial charge in [-0.15, -0.1) is 0 Å². The topological polar surface area (TPSA) is 296 Å². The second-order valence-electron chi connectivity index (χ2n) is 14.2. The van der Waals surface area contributed by atoms with Crippen LogP contribution in [0.2, 0.25) is 0 Å². The van der Waals surface area contributed by atoms with Gasteiger partial charge < -0.3 is 83.6 Å². The molecule has 11 N–H and O–H groups in total. The number of fused-ring (bicyclic) bond motifs is 1. The summed E-state index contributed by atoms with van der Waals surface area (Å²) in [6.07, 6.45) is -8.08. The minimum absolute atomic E-state index is 0.00822. The lowest BCUT2D eigenvalue weighted by Crippen LogP contribution is -2.60. The molecule has 18 nitrogen and oxygen atoms in total. The molecule has 0 saturated carbocycles. The van der Waals surface area contributed by atoms with E-state index in [1.165, 1.54) is 74.9 Å². The zero-order chi connectivity index (χ0) is 42.7. The summed E-state index contributed by atoms with van der Waals surface area (Å²) in [4.78, 5) is 10.8. The Kier molecular flexibility index (Phi) is 10.4. The van der Waals surface area contributed by atoms with E-state index >= 15 is 0 Å². The number of aliphatic hydroxyl groups excluding tert-OH is 5. The molecule has 8 rings (SSSR count). The highest BCUT2D eigenvalue weighted by Crippen LogP contribution is 2.49. The van der Waals surface area contributed by atoms with Crippen LogP contribution in [-0.2, 0) is 11.2 Å². The van der Waals surface area contributed by atoms with Gasteiger partial charge in [0.15, 0.2) is 34.5 Å². The standard InChI is InChI=1S/C42H38O18/c1-54-30-8-17(9-31(55-2)34(30)50)39-41(60-42-37(53)36(52)35(51)32(15-43)58-42)22-12-19(56-28-10-18(44)11-29(57-39)33(22)28)4-5-20-24(46)14-25(47)21-13-27(49)38(59-40(20)21)16-3-6-23(45)26(48)7-16/h3-12,14,27,32,35-38,42-43,45-53H,13,15H2,1-2H3/p+1/b5-4+/t27-,32?,35?,36?,37?,38+,42?/m0/s1. The summed E-state index contributed by atoms with van der Waals surface area (Å²) < 4.78 is 41.4. The van der Waals surface area contributed by atoms with Crippen LogP contribution >= 0.6 is 0 Å². The summed E-state index contributed by atoms with van der Waals surface area (Å²) >= 11 is 0. The van der Waals surface area contributed by atoms with Crippen molar-refractivity contribution in [2.75, 3.05) is 20.8 Å². The molecule has 5 unspecified atom stereocenters. The van der Waals surface area contributed by atoms with Crippen molar-refractivity contribution in [3.05, 3.63) is 82.5 Å². The maximum Gasteiger partial charge on any atom is 0.347 e. The fourth-order valence-corrected chi connectivity index (χ4v) is 7.40. The molecule has 2 aliphatic rings. The number of aromatic hydroxyl groups is 5. The molecular formula is C42H39O18+. The zero-order valence-electron chi connectivity index (χ0n) is 31.6. The molecule has 0 amide bonds. The minimum Gasteiger partial charge on any atom is -0.507 e. The Morgan fingerprint density at radius 2 is 1.47 bits per heavy atom. The molecule has 60 heavy (non-hydrogen) atoms. The molecule has 1 saturated heterocycles. The molecule has 2 aliphatic heterocycles. The van der Waals surface area contributed by atoms with E-state index in [0.717, 1.165) is 6.07 Å². The largest absolute Gasteiger partial charge is 0.507 e. The lowest BCUT2D eigenvalue weighted by atomic mass is 9.92. The lowest BCUT2D eigenvalue weighted by molar-refractivity contribution is -0.277. The summed E-state index contributed by atoms with van der Waals surface area (Å²) in [6.45, 7) is -0.750. The average Bonchev–Trinajstić information content (AvgIpc) is 3.22. The molecule has 4 aromatic carbocycles. The van der Waals surface area contributed by atoms with E-state index in [2.05, 4.69) is 0 Å². The minimum atomic E-state index is -1.86. The van der Waals surface area contributed by atoms with E-state index in [9.17, 15) is 55.9 Å². The van der Waals surface area contributed by atoms with Crippen molar-refractivity contribution >= 4 is 34.1 Å². The highest BCUT2D eigenvalue weighted by atomic mass is 16.7. The number of hydrogen-bond donors (Lipinski definition) is 10. The van der Waals surface area contributed by atoms with Crippen molar-refractivity contribution < 1.29 is 88.4 Å². The molecule has 0 radical (unpaired) electrons. The average molecular weight is 832 g/mol. The van der Waals surface area contributed by atoms with Gasteiger partial charge in [0.25, 0.3) is 0 Å². The summed E-state index contributed by atoms with van der Waals surface area (Å²) in [5.41, 5.74) is 0.502. The molecule has 314 valence electrons. The van der Waals surface area contributed by atoms with Crippen molar-refractivity contribution in [3.63, 3.8) is 0 Å². The van der Waals surface area contributed by atoms with E-state index in [1.807, 2.05) is 0 Å². The van der Waals surface area contributed by atoms with Crippen molar-refractivity contribution in [2.24, 2.45) is 0 Å². The smallest absolute Gasteiger partial charge is 0.347 e. The van der Waals surface area contributed by atoms with Gasteiger partial charge in [-0.05, 0) is 48.0 Å². The van der Waals surface area contributed by atoms with Gasteiger partial charge in [0, 0.05) is 29.0 Å². The van der Waals surface area contributed by atoms with Gasteiger partial charge in [0.1, 0.15) is 64.7 Å². The quantitative estimate of drug-likeness (QED) is 0.0740. The Balaban J connectivity index is 1.32. The third kappa shape index (κ3) is 6.89. The van der Waals surface area contributed by atoms with E-state index in [0.29, 0.717) is 5.56 Å². The molecule has 6 aromatic rings. The number of ether oxygens (including phenoxy) is 5. The van der Waals surface area contributed by atoms with Crippen LogP contribution in [0, 0.1) is 0 Å². The van der Waals surface area contributed by atoms with Crippen molar-refractivity contribution in [1.29, 1.82) is 0 Å². The number of phenolic OH excluding ortho intramolecular Hbond substituents is 5. The Bertz CT molecular complexity index is 2690. The van der Waals surface area contributed by atoms with E-state index in [1.54, 1.807) is 0 Å². The highest BCUT2D eigenvalue weighted by Gasteiger charge is 2.45. The SMILES string of the molecule is COc1cc(-c2oc3cc(=[OH+])cc4oc(/C=C/c5c(O)cc(O)c6c5O[C@H](c5ccc(O)c(O)c5)[C@@H](O)C6)cc(c2OC2OC(CO)C(O)C(O)C2O)c43)cc(OC)c1O. The summed E-state index contributed by atoms with van der Waals surface area (Å²) in [6, 6.07) is 11.8. The number of phenols is 5. The highest BCUT2D eigenvalue weighted by molar-refractivity contribution is 6.10. The lowest BCUT2D eigenvalue weighted by Gasteiger charge is -2.39. The van der Waals surface area contributed by atoms with E-state index in [-0.39, 0.29) is 102 Å². The predicted octanol–water partition coefficient (Wildman–Crippen LogP) is 2.78. The Morgan fingerprint density at radius 3 is 2.13 bits per heavy atom. The molecule has 7 atom stereocenters. The molecule has 4 heterocycles. The van der Waals surface area contributed by atoms with Gasteiger partial charge in [-0.2, -0.15) is 0 Å². The maximum absolute atomic E-state index is 11.1. The number of aliphatic hydroxyl groups is 5. The van der Waals surface area contributed by atoms with Crippen LogP contribution in [0.1, 0.15) is 28.6 Å². The second kappa shape index (κ2) is 15.5. The predicted molar refractivity (Wildman–Crippen MR) is 207 cm³/mol. The molecule has 0 aliphatic carbocycles. The van der Waals surface area contributed by atoms with E-state index in [4.69, 9.17) is 32.5 Å². The Morgan fingerprint density at radius 1 is 0.767 bits per heavy atom. The fraction of sp³-hybridized carbons (Fsp3) is 0.262. The van der Waals surface area contributed by atoms with Crippen molar-refractivity contribution in [3.8, 4) is 63.1 Å². The molecule has 0 bridgehead atoms. The first-order valence-corrected chi connectivity index (χ1v) is 18.3. The third-order valence-corrected chi connectivity index (χ3v) is 10.4. The van der Waals surface area contributed by atoms with Crippen LogP contribution in [-0.4, -0.2) is 113 Å². The Hall–Kier alpha value is -6.67. The third-order valence-electron chi connectivity index (χ3n) is 10.4. The first kappa shape index (κ1) is 40.1. The molecule has 0 spiro atoms. The van der Waals surface area contributed by atoms with Gasteiger partial charge in [-0.3, -0.25) is 4.79 Å². The van der Waals surface area contributed by atoms with Gasteiger partial charge in [-0.1, -0.05) is 6.07 Å². The number of hydrogen-bond acceptors (Lipinski definition) is 17. The fourth-order valence-electron chi connectivity index (χ4n) is 7.40. The Labute approximate surface area is 337 Å². The summed E-state index contributed by atoms with van der Waals surface area (Å²) in [7, 11) is 2.62. The molecule has 2 aromatic heterocycles. The van der Waals surface area contributed by atoms with Crippen molar-refractivity contribution in [2.45, 2.75) is 49.3 Å². The number of methoxy groups -OCH3 is 2. The monoisotopic (exact) mass is 831 g/mol. The second-order valence-corrected chi connectivity index (χ2v) is 14.2. The molecule has 18 heteroatoms. The maximum atomic E-state index is 11.1. The number of rotatable bonds is 9. The van der Waals surface area contributed by atoms with Crippen LogP contribution in [0.25, 0.3) is 45.4 Å². The zero-order valence-corrected chi connectivity index (χ0v) is 31.6. The molecular weight excluding hydrogens is 792 g/mol. The normalized spacial score (nSPS) is 22.8. The van der Waals surface area contributed by atoms with Crippen LogP contribution in [0.15, 0.2) is 63.4 Å². The van der Waals surface area contributed by atoms with E-state index < -0.39 is 61.0 Å². The van der Waals surface area contributed by atoms with Crippen LogP contribution in [0.5, 0.6) is 51.7 Å². The van der Waals surface area contributed by atoms with Crippen LogP contribution < -0.4 is 24.4 Å². The van der Waals surface area contributed by atoms with Gasteiger partial charge in [0.2, 0.25) is 12.0 Å². The summed E-state index contributed by atoms with van der Waals surface area (Å²) in [5.74, 6) is -2.27. The van der Waals surface area contributed by atoms with Crippen LogP contribution in [0.3, 0.4) is 0 Å². The van der Waals surface area contributed by atoms with Gasteiger partial charge in [0.05, 0.1) is 50.0 Å². The first-order chi connectivity index (χ1) is 28.7. The number of benzene rings is 4. The van der Waals surface area contributed by atoms with Crippen molar-refractivity contribution in [1.82, 2.24) is 0 Å². The van der Waals surface area contributed by atoms with Gasteiger partial charge >= 0.3 is 5.43 Å². The van der Waals surface area contributed by atoms with Gasteiger partial charge in [-0.25, -0.2) is 0 Å². The van der Waals surface area contributed by atoms with Crippen LogP contribution in [0.4, 0.5) is 0 Å².